The van der Waals surface area contributed by atoms with Gasteiger partial charge < -0.3 is 14.7 Å². The first kappa shape index (κ1) is 26.5. The summed E-state index contributed by atoms with van der Waals surface area (Å²) >= 11 is 0. The first-order valence-electron chi connectivity index (χ1n) is 14.2. The molecule has 2 fully saturated rings. The summed E-state index contributed by atoms with van der Waals surface area (Å²) in [4.78, 5) is 57.9. The van der Waals surface area contributed by atoms with Crippen LogP contribution < -0.4 is 9.80 Å². The molecule has 2 amide bonds. The van der Waals surface area contributed by atoms with Gasteiger partial charge in [0.25, 0.3) is 0 Å². The Labute approximate surface area is 241 Å². The Bertz CT molecular complexity index is 1650. The van der Waals surface area contributed by atoms with E-state index in [-0.39, 0.29) is 29.8 Å². The van der Waals surface area contributed by atoms with E-state index in [0.29, 0.717) is 47.6 Å². The Morgan fingerprint density at radius 3 is 2.36 bits per heavy atom. The van der Waals surface area contributed by atoms with Crippen LogP contribution >= 0.6 is 0 Å². The maximum absolute atomic E-state index is 14.6. The Morgan fingerprint density at radius 2 is 1.64 bits per heavy atom. The van der Waals surface area contributed by atoms with Crippen molar-refractivity contribution in [3.05, 3.63) is 88.3 Å². The lowest BCUT2D eigenvalue weighted by Crippen LogP contribution is -2.39. The summed E-state index contributed by atoms with van der Waals surface area (Å²) in [6.45, 7) is 4.40. The van der Waals surface area contributed by atoms with E-state index in [9.17, 15) is 28.7 Å². The molecule has 2 aromatic carbocycles. The summed E-state index contributed by atoms with van der Waals surface area (Å²) in [5, 5.41) is 9.83. The molecule has 214 valence electrons. The predicted molar refractivity (Wildman–Crippen MR) is 151 cm³/mol. The van der Waals surface area contributed by atoms with E-state index < -0.39 is 35.2 Å². The lowest BCUT2D eigenvalue weighted by Gasteiger charge is -2.42. The molecule has 42 heavy (non-hydrogen) atoms. The van der Waals surface area contributed by atoms with Crippen molar-refractivity contribution in [1.29, 1.82) is 0 Å². The fourth-order valence-electron chi connectivity index (χ4n) is 7.33. The number of aromatic hydroxyl groups is 1. The molecule has 2 aromatic rings. The SMILES string of the molecule is CC1=CC(=O)C2=C(C1=O)[C@@H](c1ccc(O)c(F)c1)C1=CC[C@@H]3C(=O)N(c4ccc(N5CCOCC5)cc4)C(=O)[C@@H]3[C@@H]1C2. The first-order chi connectivity index (χ1) is 20.2. The second kappa shape index (κ2) is 9.87. The number of Topliss-reactive ketones (excluding diaryl/α,β-unsaturated/α-hetero) is 1. The van der Waals surface area contributed by atoms with E-state index in [1.54, 1.807) is 25.1 Å². The third kappa shape index (κ3) is 3.98. The molecule has 2 heterocycles. The molecule has 2 saturated heterocycles. The van der Waals surface area contributed by atoms with Crippen molar-refractivity contribution >= 4 is 34.8 Å². The van der Waals surface area contributed by atoms with Crippen LogP contribution in [-0.4, -0.2) is 54.8 Å². The van der Waals surface area contributed by atoms with Gasteiger partial charge >= 0.3 is 0 Å². The monoisotopic (exact) mass is 568 g/mol. The third-order valence-electron chi connectivity index (χ3n) is 9.35. The van der Waals surface area contributed by atoms with Crippen molar-refractivity contribution in [2.45, 2.75) is 25.7 Å². The highest BCUT2D eigenvalue weighted by atomic mass is 19.1. The highest BCUT2D eigenvalue weighted by Gasteiger charge is 2.56. The van der Waals surface area contributed by atoms with Crippen LogP contribution in [0.25, 0.3) is 0 Å². The number of morpholine rings is 1. The number of benzene rings is 2. The molecular weight excluding hydrogens is 539 g/mol. The molecule has 3 aliphatic carbocycles. The molecular formula is C33H29FN2O6. The number of anilines is 2. The molecule has 1 N–H and O–H groups in total. The zero-order valence-corrected chi connectivity index (χ0v) is 23.0. The number of ketones is 2. The molecule has 7 rings (SSSR count). The number of hydrogen-bond acceptors (Lipinski definition) is 7. The summed E-state index contributed by atoms with van der Waals surface area (Å²) in [5.74, 6) is -5.17. The van der Waals surface area contributed by atoms with Gasteiger partial charge in [0.2, 0.25) is 11.8 Å². The lowest BCUT2D eigenvalue weighted by atomic mass is 9.59. The van der Waals surface area contributed by atoms with Gasteiger partial charge in [-0.1, -0.05) is 17.7 Å². The highest BCUT2D eigenvalue weighted by molar-refractivity contribution is 6.25. The van der Waals surface area contributed by atoms with Gasteiger partial charge in [-0.2, -0.15) is 0 Å². The number of phenolic OH excluding ortho intramolecular Hbond substituents is 1. The fraction of sp³-hybridized carbons (Fsp3) is 0.333. The number of nitrogens with zero attached hydrogens (tertiary/aromatic N) is 2. The topological polar surface area (TPSA) is 104 Å². The normalized spacial score (nSPS) is 27.5. The van der Waals surface area contributed by atoms with Crippen molar-refractivity contribution in [3.63, 3.8) is 0 Å². The zero-order valence-electron chi connectivity index (χ0n) is 23.0. The largest absolute Gasteiger partial charge is 0.505 e. The van der Waals surface area contributed by atoms with Gasteiger partial charge in [0, 0.05) is 41.4 Å². The third-order valence-corrected chi connectivity index (χ3v) is 9.35. The number of imide groups is 1. The molecule has 8 nitrogen and oxygen atoms in total. The number of hydrogen-bond donors (Lipinski definition) is 1. The fourth-order valence-corrected chi connectivity index (χ4v) is 7.33. The van der Waals surface area contributed by atoms with Crippen LogP contribution in [0, 0.1) is 23.6 Å². The first-order valence-corrected chi connectivity index (χ1v) is 14.2. The molecule has 9 heteroatoms. The maximum Gasteiger partial charge on any atom is 0.238 e. The quantitative estimate of drug-likeness (QED) is 0.339. The molecule has 0 unspecified atom stereocenters. The average molecular weight is 569 g/mol. The van der Waals surface area contributed by atoms with E-state index in [2.05, 4.69) is 4.90 Å². The van der Waals surface area contributed by atoms with E-state index in [0.717, 1.165) is 24.4 Å². The molecule has 0 bridgehead atoms. The van der Waals surface area contributed by atoms with E-state index in [1.165, 1.54) is 23.1 Å². The van der Waals surface area contributed by atoms with E-state index in [1.807, 2.05) is 18.2 Å². The number of amides is 2. The van der Waals surface area contributed by atoms with Gasteiger partial charge in [0.05, 0.1) is 30.7 Å². The minimum absolute atomic E-state index is 0.149. The van der Waals surface area contributed by atoms with Crippen LogP contribution in [0.1, 0.15) is 31.2 Å². The maximum atomic E-state index is 14.6. The van der Waals surface area contributed by atoms with E-state index in [4.69, 9.17) is 4.74 Å². The Morgan fingerprint density at radius 1 is 0.929 bits per heavy atom. The molecule has 5 aliphatic rings. The van der Waals surface area contributed by atoms with Crippen molar-refractivity contribution in [3.8, 4) is 5.75 Å². The number of rotatable bonds is 3. The second-order valence-corrected chi connectivity index (χ2v) is 11.6. The van der Waals surface area contributed by atoms with Crippen LogP contribution in [0.3, 0.4) is 0 Å². The van der Waals surface area contributed by atoms with Gasteiger partial charge in [0.1, 0.15) is 0 Å². The highest BCUT2D eigenvalue weighted by Crippen LogP contribution is 2.55. The Balaban J connectivity index is 1.27. The molecule has 4 atom stereocenters. The van der Waals surface area contributed by atoms with Gasteiger partial charge in [0.15, 0.2) is 23.1 Å². The van der Waals surface area contributed by atoms with Crippen molar-refractivity contribution < 1.29 is 33.4 Å². The molecule has 2 aliphatic heterocycles. The second-order valence-electron chi connectivity index (χ2n) is 11.6. The standard InChI is InChI=1S/C33H29FN2O6/c1-17-14-27(38)24-16-23-21(28(30(24)31(17)39)18-2-9-26(37)25(34)15-18)7-8-22-29(23)33(41)36(32(22)40)20-5-3-19(4-6-20)35-10-12-42-13-11-35/h2-7,9,14-15,22-23,28-29,37H,8,10-13,16H2,1H3/t22-,23+,28-,29-/m0/s1. The number of carbonyl (C=O) groups is 4. The van der Waals surface area contributed by atoms with Gasteiger partial charge in [-0.15, -0.1) is 0 Å². The van der Waals surface area contributed by atoms with Crippen LogP contribution in [-0.2, 0) is 23.9 Å². The van der Waals surface area contributed by atoms with E-state index >= 15 is 0 Å². The number of ether oxygens (including phenoxy) is 1. The van der Waals surface area contributed by atoms with Crippen LogP contribution in [0.5, 0.6) is 5.75 Å². The van der Waals surface area contributed by atoms with Crippen LogP contribution in [0.15, 0.2) is 76.9 Å². The number of phenols is 1. The average Bonchev–Trinajstić information content (AvgIpc) is 3.26. The van der Waals surface area contributed by atoms with Crippen LogP contribution in [0.2, 0.25) is 0 Å². The zero-order chi connectivity index (χ0) is 29.3. The molecule has 0 spiro atoms. The summed E-state index contributed by atoms with van der Waals surface area (Å²) in [6.07, 6.45) is 3.65. The number of halogens is 1. The Hall–Kier alpha value is -4.37. The minimum Gasteiger partial charge on any atom is -0.505 e. The molecule has 0 saturated carbocycles. The summed E-state index contributed by atoms with van der Waals surface area (Å²) in [7, 11) is 0. The summed E-state index contributed by atoms with van der Waals surface area (Å²) < 4.78 is 20.0. The smallest absolute Gasteiger partial charge is 0.238 e. The molecule has 0 aromatic heterocycles. The number of allylic oxidation sites excluding steroid dienone is 6. The lowest BCUT2D eigenvalue weighted by molar-refractivity contribution is -0.123. The van der Waals surface area contributed by atoms with Crippen molar-refractivity contribution in [2.75, 3.05) is 36.1 Å². The minimum atomic E-state index is -0.841. The Kier molecular flexibility index (Phi) is 6.23. The number of carbonyl (C=O) groups excluding carboxylic acids is 4. The van der Waals surface area contributed by atoms with Crippen molar-refractivity contribution in [1.82, 2.24) is 0 Å². The molecule has 0 radical (unpaired) electrons. The number of fused-ring (bicyclic) bond motifs is 3. The summed E-state index contributed by atoms with van der Waals surface area (Å²) in [5.41, 5.74) is 3.53. The van der Waals surface area contributed by atoms with Gasteiger partial charge in [-0.05, 0) is 73.7 Å². The van der Waals surface area contributed by atoms with Crippen LogP contribution in [0.4, 0.5) is 15.8 Å². The summed E-state index contributed by atoms with van der Waals surface area (Å²) in [6, 6.07) is 11.3. The predicted octanol–water partition coefficient (Wildman–Crippen LogP) is 4.00. The van der Waals surface area contributed by atoms with Gasteiger partial charge in [-0.25, -0.2) is 4.39 Å². The van der Waals surface area contributed by atoms with Crippen molar-refractivity contribution in [2.24, 2.45) is 17.8 Å². The van der Waals surface area contributed by atoms with Gasteiger partial charge in [-0.3, -0.25) is 24.1 Å².